The van der Waals surface area contributed by atoms with Crippen molar-refractivity contribution >= 4 is 32.7 Å². The molecule has 0 spiro atoms. The molecule has 11 heteroatoms. The summed E-state index contributed by atoms with van der Waals surface area (Å²) >= 11 is 0. The van der Waals surface area contributed by atoms with Crippen molar-refractivity contribution in [2.24, 2.45) is 14.1 Å². The molecule has 0 radical (unpaired) electrons. The summed E-state index contributed by atoms with van der Waals surface area (Å²) in [7, 11) is -1.42. The average Bonchev–Trinajstić information content (AvgIpc) is 2.86. The number of benzene rings is 2. The van der Waals surface area contributed by atoms with E-state index in [1.807, 2.05) is 13.0 Å². The van der Waals surface area contributed by atoms with Crippen molar-refractivity contribution in [3.05, 3.63) is 98.8 Å². The Hall–Kier alpha value is -4.09. The maximum Gasteiger partial charge on any atom is 0.330 e. The van der Waals surface area contributed by atoms with Gasteiger partial charge in [0.25, 0.3) is 5.56 Å². The molecule has 4 rings (SSSR count). The molecule has 4 aromatic rings. The van der Waals surface area contributed by atoms with Crippen LogP contribution in [0.5, 0.6) is 0 Å². The average molecular weight is 508 g/mol. The predicted octanol–water partition coefficient (Wildman–Crippen LogP) is 1.47. The normalized spacial score (nSPS) is 12.4. The number of anilines is 1. The lowest BCUT2D eigenvalue weighted by Crippen LogP contribution is -2.45. The van der Waals surface area contributed by atoms with E-state index in [2.05, 4.69) is 15.0 Å². The minimum absolute atomic E-state index is 0.0653. The van der Waals surface area contributed by atoms with Gasteiger partial charge in [0, 0.05) is 20.3 Å². The summed E-state index contributed by atoms with van der Waals surface area (Å²) in [5.41, 5.74) is 0.790. The van der Waals surface area contributed by atoms with Crippen molar-refractivity contribution in [1.82, 2.24) is 18.8 Å². The first-order chi connectivity index (χ1) is 17.1. The van der Waals surface area contributed by atoms with E-state index in [0.717, 1.165) is 15.7 Å². The van der Waals surface area contributed by atoms with E-state index in [1.165, 1.54) is 36.9 Å². The molecule has 2 aromatic heterocycles. The molecule has 0 aliphatic heterocycles. The maximum absolute atomic E-state index is 13.4. The number of hydrogen-bond acceptors (Lipinski definition) is 6. The number of carbonyl (C=O) groups excluding carboxylic acids is 1. The van der Waals surface area contributed by atoms with Crippen molar-refractivity contribution in [3.63, 3.8) is 0 Å². The number of nitrogens with zero attached hydrogens (tertiary/aromatic N) is 3. The maximum atomic E-state index is 13.4. The second-order valence-corrected chi connectivity index (χ2v) is 10.2. The van der Waals surface area contributed by atoms with Crippen molar-refractivity contribution in [3.8, 4) is 0 Å². The predicted molar refractivity (Wildman–Crippen MR) is 136 cm³/mol. The van der Waals surface area contributed by atoms with E-state index in [-0.39, 0.29) is 16.7 Å². The highest BCUT2D eigenvalue weighted by atomic mass is 32.2. The summed E-state index contributed by atoms with van der Waals surface area (Å²) in [6, 6.07) is 15.2. The molecule has 0 unspecified atom stereocenters. The van der Waals surface area contributed by atoms with Crippen LogP contribution in [0, 0.1) is 6.92 Å². The van der Waals surface area contributed by atoms with Gasteiger partial charge in [0.15, 0.2) is 0 Å². The van der Waals surface area contributed by atoms with E-state index in [4.69, 9.17) is 0 Å². The van der Waals surface area contributed by atoms with Gasteiger partial charge in [-0.3, -0.25) is 18.7 Å². The quantitative estimate of drug-likeness (QED) is 0.389. The van der Waals surface area contributed by atoms with Gasteiger partial charge in [0.05, 0.1) is 15.8 Å². The Labute approximate surface area is 207 Å². The number of carbonyl (C=O) groups is 1. The summed E-state index contributed by atoms with van der Waals surface area (Å²) < 4.78 is 31.3. The fraction of sp³-hybridized carbons (Fsp3) is 0.200. The van der Waals surface area contributed by atoms with Gasteiger partial charge in [-0.1, -0.05) is 30.3 Å². The number of aromatic nitrogens is 3. The highest BCUT2D eigenvalue weighted by molar-refractivity contribution is 7.89. The zero-order valence-corrected chi connectivity index (χ0v) is 20.7. The van der Waals surface area contributed by atoms with E-state index in [9.17, 15) is 22.8 Å². The van der Waals surface area contributed by atoms with E-state index in [0.29, 0.717) is 11.3 Å². The Kier molecular flexibility index (Phi) is 6.86. The van der Waals surface area contributed by atoms with Crippen LogP contribution in [0.15, 0.2) is 81.3 Å². The van der Waals surface area contributed by atoms with Crippen LogP contribution in [0.2, 0.25) is 0 Å². The Morgan fingerprint density at radius 1 is 1.00 bits per heavy atom. The van der Waals surface area contributed by atoms with E-state index < -0.39 is 33.2 Å². The SMILES string of the molecule is Cc1ccnc(NC(=O)[C@@H](Cc2ccccc2)NS(=O)(=O)c2ccc3c(c2)c(=O)n(C)c(=O)n3C)c1. The number of nitrogens with one attached hydrogen (secondary N) is 2. The molecule has 0 bridgehead atoms. The molecule has 0 aliphatic carbocycles. The minimum atomic E-state index is -4.24. The van der Waals surface area contributed by atoms with Gasteiger partial charge >= 0.3 is 5.69 Å². The van der Waals surface area contributed by atoms with Gasteiger partial charge in [0.2, 0.25) is 15.9 Å². The van der Waals surface area contributed by atoms with Gasteiger partial charge in [-0.05, 0) is 54.8 Å². The molecule has 1 amide bonds. The summed E-state index contributed by atoms with van der Waals surface area (Å²) in [5.74, 6) is -0.285. The molecule has 0 saturated carbocycles. The number of sulfonamides is 1. The Morgan fingerprint density at radius 3 is 2.42 bits per heavy atom. The first kappa shape index (κ1) is 25.0. The third kappa shape index (κ3) is 5.11. The molecular weight excluding hydrogens is 482 g/mol. The fourth-order valence-corrected chi connectivity index (χ4v) is 5.07. The summed E-state index contributed by atoms with van der Waals surface area (Å²) in [6.45, 7) is 1.85. The van der Waals surface area contributed by atoms with Crippen LogP contribution in [0.3, 0.4) is 0 Å². The van der Waals surface area contributed by atoms with Crippen LogP contribution in [0.1, 0.15) is 11.1 Å². The zero-order chi connectivity index (χ0) is 26.0. The first-order valence-electron chi connectivity index (χ1n) is 11.1. The second kappa shape index (κ2) is 9.88. The Balaban J connectivity index is 1.71. The number of amides is 1. The topological polar surface area (TPSA) is 132 Å². The Morgan fingerprint density at radius 2 is 1.72 bits per heavy atom. The fourth-order valence-electron chi connectivity index (χ4n) is 3.85. The van der Waals surface area contributed by atoms with Crippen LogP contribution in [-0.4, -0.2) is 34.5 Å². The molecule has 0 saturated heterocycles. The summed E-state index contributed by atoms with van der Waals surface area (Å²) in [5, 5.41) is 2.73. The van der Waals surface area contributed by atoms with Gasteiger partial charge in [-0.2, -0.15) is 4.72 Å². The number of pyridine rings is 1. The highest BCUT2D eigenvalue weighted by Crippen LogP contribution is 2.17. The number of rotatable bonds is 7. The zero-order valence-electron chi connectivity index (χ0n) is 19.9. The van der Waals surface area contributed by atoms with Crippen molar-refractivity contribution in [2.75, 3.05) is 5.32 Å². The molecular formula is C25H25N5O5S. The van der Waals surface area contributed by atoms with Gasteiger partial charge in [-0.15, -0.1) is 0 Å². The summed E-state index contributed by atoms with van der Waals surface area (Å²) in [4.78, 5) is 41.9. The van der Waals surface area contributed by atoms with Crippen molar-refractivity contribution < 1.29 is 13.2 Å². The van der Waals surface area contributed by atoms with Crippen LogP contribution in [-0.2, 0) is 35.3 Å². The molecule has 2 heterocycles. The van der Waals surface area contributed by atoms with Crippen molar-refractivity contribution in [2.45, 2.75) is 24.3 Å². The van der Waals surface area contributed by atoms with Crippen LogP contribution in [0.4, 0.5) is 5.82 Å². The smallest absolute Gasteiger partial charge is 0.309 e. The number of fused-ring (bicyclic) bond motifs is 1. The lowest BCUT2D eigenvalue weighted by atomic mass is 10.1. The van der Waals surface area contributed by atoms with Gasteiger partial charge in [-0.25, -0.2) is 18.2 Å². The third-order valence-corrected chi connectivity index (χ3v) is 7.28. The molecule has 1 atom stereocenters. The van der Waals surface area contributed by atoms with Gasteiger partial charge < -0.3 is 5.32 Å². The lowest BCUT2D eigenvalue weighted by Gasteiger charge is -2.19. The van der Waals surface area contributed by atoms with Crippen molar-refractivity contribution in [1.29, 1.82) is 0 Å². The molecule has 0 fully saturated rings. The molecule has 0 aliphatic rings. The molecule has 36 heavy (non-hydrogen) atoms. The molecule has 2 N–H and O–H groups in total. The molecule has 10 nitrogen and oxygen atoms in total. The lowest BCUT2D eigenvalue weighted by molar-refractivity contribution is -0.117. The Bertz CT molecular complexity index is 1680. The van der Waals surface area contributed by atoms with Crippen LogP contribution in [0.25, 0.3) is 10.9 Å². The third-order valence-electron chi connectivity index (χ3n) is 5.81. The minimum Gasteiger partial charge on any atom is -0.309 e. The monoisotopic (exact) mass is 507 g/mol. The summed E-state index contributed by atoms with van der Waals surface area (Å²) in [6.07, 6.45) is 1.63. The van der Waals surface area contributed by atoms with Gasteiger partial charge in [0.1, 0.15) is 11.9 Å². The van der Waals surface area contributed by atoms with Crippen LogP contribution < -0.4 is 21.3 Å². The first-order valence-corrected chi connectivity index (χ1v) is 12.5. The molecule has 186 valence electrons. The van der Waals surface area contributed by atoms with Crippen LogP contribution >= 0.6 is 0 Å². The second-order valence-electron chi connectivity index (χ2n) is 8.46. The number of aryl methyl sites for hydroxylation is 2. The highest BCUT2D eigenvalue weighted by Gasteiger charge is 2.27. The standard InChI is InChI=1S/C25H25N5O5S/c1-16-11-12-26-22(13-16)27-23(31)20(14-17-7-5-4-6-8-17)28-36(34,35)18-9-10-21-19(15-18)24(32)30(3)25(33)29(21)2/h4-13,15,20,28H,14H2,1-3H3,(H,26,27,31)/t20-/m1/s1. The van der Waals surface area contributed by atoms with E-state index >= 15 is 0 Å². The van der Waals surface area contributed by atoms with E-state index in [1.54, 1.807) is 42.6 Å². The molecule has 2 aromatic carbocycles. The number of hydrogen-bond donors (Lipinski definition) is 2. The largest absolute Gasteiger partial charge is 0.330 e.